The summed E-state index contributed by atoms with van der Waals surface area (Å²) in [6.07, 6.45) is 26.8. The molecule has 1 fully saturated rings. The monoisotopic (exact) mass is 474 g/mol. The van der Waals surface area contributed by atoms with Crippen LogP contribution >= 0.6 is 0 Å². The number of morpholine rings is 1. The molecule has 194 valence electrons. The molecular formula is C29H50N2O3. The van der Waals surface area contributed by atoms with Gasteiger partial charge in [-0.2, -0.15) is 0 Å². The number of allylic oxidation sites excluding steroid dienone is 8. The Morgan fingerprint density at radius 3 is 2.24 bits per heavy atom. The minimum absolute atomic E-state index is 0.0134. The number of aliphatic hydroxyl groups excluding tert-OH is 1. The van der Waals surface area contributed by atoms with Crippen LogP contribution in [0.2, 0.25) is 0 Å². The number of carbonyl (C=O) groups is 1. The Balaban J connectivity index is 2.01. The maximum absolute atomic E-state index is 11.6. The molecular weight excluding hydrogens is 424 g/mol. The molecule has 0 aromatic rings. The first kappa shape index (κ1) is 30.3. The number of ether oxygens (including phenoxy) is 1. The summed E-state index contributed by atoms with van der Waals surface area (Å²) in [7, 11) is 0. The normalized spacial score (nSPS) is 16.9. The smallest absolute Gasteiger partial charge is 0.220 e. The second kappa shape index (κ2) is 19.6. The lowest BCUT2D eigenvalue weighted by molar-refractivity contribution is -0.122. The molecule has 1 saturated heterocycles. The van der Waals surface area contributed by atoms with Gasteiger partial charge in [-0.05, 0) is 63.8 Å². The maximum Gasteiger partial charge on any atom is 0.220 e. The quantitative estimate of drug-likeness (QED) is 0.201. The van der Waals surface area contributed by atoms with Gasteiger partial charge in [-0.25, -0.2) is 0 Å². The topological polar surface area (TPSA) is 61.8 Å². The molecule has 1 heterocycles. The number of hydrogen-bond donors (Lipinski definition) is 2. The van der Waals surface area contributed by atoms with Crippen molar-refractivity contribution in [2.75, 3.05) is 39.5 Å². The van der Waals surface area contributed by atoms with E-state index in [1.165, 1.54) is 25.8 Å². The highest BCUT2D eigenvalue weighted by Gasteiger charge is 2.14. The molecule has 1 aliphatic rings. The van der Waals surface area contributed by atoms with Crippen LogP contribution in [0.25, 0.3) is 0 Å². The van der Waals surface area contributed by atoms with Gasteiger partial charge in [0, 0.05) is 25.6 Å². The molecule has 5 heteroatoms. The maximum atomic E-state index is 11.6. The van der Waals surface area contributed by atoms with E-state index in [4.69, 9.17) is 9.84 Å². The number of aliphatic hydroxyl groups is 1. The van der Waals surface area contributed by atoms with E-state index in [1.54, 1.807) is 6.92 Å². The fourth-order valence-electron chi connectivity index (χ4n) is 3.82. The molecule has 0 bridgehead atoms. The molecule has 1 rings (SSSR count). The molecule has 1 aliphatic heterocycles. The highest BCUT2D eigenvalue weighted by molar-refractivity contribution is 5.76. The van der Waals surface area contributed by atoms with Gasteiger partial charge in [-0.3, -0.25) is 9.69 Å². The molecule has 1 atom stereocenters. The summed E-state index contributed by atoms with van der Waals surface area (Å²) in [5, 5.41) is 11.7. The first-order valence-electron chi connectivity index (χ1n) is 13.3. The highest BCUT2D eigenvalue weighted by atomic mass is 16.5. The van der Waals surface area contributed by atoms with Crippen molar-refractivity contribution in [2.45, 2.75) is 84.6 Å². The van der Waals surface area contributed by atoms with Crippen LogP contribution in [0.15, 0.2) is 48.6 Å². The molecule has 0 spiro atoms. The molecule has 0 aromatic carbocycles. The number of nitrogens with zero attached hydrogens (tertiary/aromatic N) is 1. The van der Waals surface area contributed by atoms with Gasteiger partial charge in [-0.15, -0.1) is 0 Å². The summed E-state index contributed by atoms with van der Waals surface area (Å²) in [5.41, 5.74) is 0.271. The predicted octanol–water partition coefficient (Wildman–Crippen LogP) is 5.58. The molecule has 0 aliphatic carbocycles. The van der Waals surface area contributed by atoms with Gasteiger partial charge in [0.2, 0.25) is 5.91 Å². The van der Waals surface area contributed by atoms with Crippen LogP contribution in [0.5, 0.6) is 0 Å². The van der Waals surface area contributed by atoms with Gasteiger partial charge in [0.1, 0.15) is 0 Å². The fraction of sp³-hybridized carbons (Fsp3) is 0.690. The van der Waals surface area contributed by atoms with E-state index in [1.807, 2.05) is 0 Å². The second-order valence-corrected chi connectivity index (χ2v) is 9.97. The van der Waals surface area contributed by atoms with Gasteiger partial charge in [0.05, 0.1) is 19.8 Å². The van der Waals surface area contributed by atoms with E-state index in [9.17, 15) is 4.79 Å². The van der Waals surface area contributed by atoms with Crippen LogP contribution < -0.4 is 5.32 Å². The van der Waals surface area contributed by atoms with Crippen LogP contribution in [0.3, 0.4) is 0 Å². The van der Waals surface area contributed by atoms with Crippen LogP contribution in [-0.2, 0) is 9.53 Å². The summed E-state index contributed by atoms with van der Waals surface area (Å²) < 4.78 is 5.41. The second-order valence-electron chi connectivity index (χ2n) is 9.97. The van der Waals surface area contributed by atoms with Crippen LogP contribution in [0, 0.1) is 5.41 Å². The summed E-state index contributed by atoms with van der Waals surface area (Å²) >= 11 is 0. The first-order chi connectivity index (χ1) is 16.4. The zero-order chi connectivity index (χ0) is 24.9. The lowest BCUT2D eigenvalue weighted by Crippen LogP contribution is -2.36. The Morgan fingerprint density at radius 1 is 0.971 bits per heavy atom. The molecule has 34 heavy (non-hydrogen) atoms. The first-order valence-corrected chi connectivity index (χ1v) is 13.3. The van der Waals surface area contributed by atoms with Gasteiger partial charge < -0.3 is 15.2 Å². The SMILES string of the molecule is C[C@H](CO)NC(=O)CCCC=CCC=CCC=CCC=CC(C)(C)CCCCN1CCOCC1. The van der Waals surface area contributed by atoms with Crippen molar-refractivity contribution in [2.24, 2.45) is 5.41 Å². The zero-order valence-corrected chi connectivity index (χ0v) is 22.0. The average molecular weight is 475 g/mol. The van der Waals surface area contributed by atoms with Gasteiger partial charge >= 0.3 is 0 Å². The largest absolute Gasteiger partial charge is 0.394 e. The summed E-state index contributed by atoms with van der Waals surface area (Å²) in [6, 6.07) is -0.161. The Bertz CT molecular complexity index is 631. The molecule has 0 saturated carbocycles. The van der Waals surface area contributed by atoms with E-state index >= 15 is 0 Å². The average Bonchev–Trinajstić information content (AvgIpc) is 2.82. The molecule has 1 amide bonds. The molecule has 5 nitrogen and oxygen atoms in total. The minimum atomic E-state index is -0.161. The molecule has 0 aromatic heterocycles. The van der Waals surface area contributed by atoms with Gasteiger partial charge in [0.25, 0.3) is 0 Å². The lowest BCUT2D eigenvalue weighted by atomic mass is 9.86. The van der Waals surface area contributed by atoms with E-state index < -0.39 is 0 Å². The zero-order valence-electron chi connectivity index (χ0n) is 22.0. The molecule has 2 N–H and O–H groups in total. The third kappa shape index (κ3) is 17.7. The summed E-state index contributed by atoms with van der Waals surface area (Å²) in [5.74, 6) is 0.0134. The van der Waals surface area contributed by atoms with Crippen LogP contribution in [0.1, 0.15) is 78.6 Å². The van der Waals surface area contributed by atoms with Crippen molar-refractivity contribution in [3.63, 3.8) is 0 Å². The molecule has 0 unspecified atom stereocenters. The predicted molar refractivity (Wildman–Crippen MR) is 144 cm³/mol. The number of unbranched alkanes of at least 4 members (excludes halogenated alkanes) is 2. The Kier molecular flexibility index (Phi) is 17.5. The third-order valence-corrected chi connectivity index (χ3v) is 5.99. The van der Waals surface area contributed by atoms with Crippen LogP contribution in [0.4, 0.5) is 0 Å². The van der Waals surface area contributed by atoms with Gasteiger partial charge in [0.15, 0.2) is 0 Å². The van der Waals surface area contributed by atoms with Crippen molar-refractivity contribution in [3.8, 4) is 0 Å². The summed E-state index contributed by atoms with van der Waals surface area (Å²) in [6.45, 7) is 11.6. The minimum Gasteiger partial charge on any atom is -0.394 e. The standard InChI is InChI=1S/C29H50N2O3/c1-27(26-32)30-28(33)18-14-12-10-8-6-4-5-7-9-11-13-15-19-29(2,3)20-16-17-21-31-22-24-34-25-23-31/h4-5,8-11,15,19,27,32H,6-7,12-14,16-18,20-26H2,1-3H3,(H,30,33)/t27-/m1/s1. The van der Waals surface area contributed by atoms with Crippen molar-refractivity contribution in [1.82, 2.24) is 10.2 Å². The van der Waals surface area contributed by atoms with Crippen LogP contribution in [-0.4, -0.2) is 61.4 Å². The number of carbonyl (C=O) groups excluding carboxylic acids is 1. The fourth-order valence-corrected chi connectivity index (χ4v) is 3.82. The van der Waals surface area contributed by atoms with E-state index in [0.717, 1.165) is 58.4 Å². The lowest BCUT2D eigenvalue weighted by Gasteiger charge is -2.27. The third-order valence-electron chi connectivity index (χ3n) is 5.99. The Labute approximate surface area is 209 Å². The Morgan fingerprint density at radius 2 is 1.59 bits per heavy atom. The number of amides is 1. The number of nitrogens with one attached hydrogen (secondary N) is 1. The summed E-state index contributed by atoms with van der Waals surface area (Å²) in [4.78, 5) is 14.1. The van der Waals surface area contributed by atoms with Crippen molar-refractivity contribution >= 4 is 5.91 Å². The highest BCUT2D eigenvalue weighted by Crippen LogP contribution is 2.25. The van der Waals surface area contributed by atoms with Crippen molar-refractivity contribution in [3.05, 3.63) is 48.6 Å². The van der Waals surface area contributed by atoms with Gasteiger partial charge in [-0.1, -0.05) is 68.9 Å². The van der Waals surface area contributed by atoms with E-state index in [0.29, 0.717) is 6.42 Å². The number of hydrogen-bond acceptors (Lipinski definition) is 4. The van der Waals surface area contributed by atoms with Crippen molar-refractivity contribution < 1.29 is 14.6 Å². The Hall–Kier alpha value is -1.69. The van der Waals surface area contributed by atoms with E-state index in [2.05, 4.69) is 72.7 Å². The van der Waals surface area contributed by atoms with E-state index in [-0.39, 0.29) is 24.0 Å². The van der Waals surface area contributed by atoms with Crippen molar-refractivity contribution in [1.29, 1.82) is 0 Å². The molecule has 0 radical (unpaired) electrons. The number of rotatable bonds is 18.